The molecule has 6 rings (SSSR count). The van der Waals surface area contributed by atoms with Crippen LogP contribution in [0.5, 0.6) is 11.6 Å². The number of ether oxygens (including phenoxy) is 4. The number of alkyl halides is 2. The predicted octanol–water partition coefficient (Wildman–Crippen LogP) is 8.02. The molecule has 9 atom stereocenters. The van der Waals surface area contributed by atoms with Crippen molar-refractivity contribution in [2.75, 3.05) is 7.11 Å². The van der Waals surface area contributed by atoms with Crippen LogP contribution in [0, 0.1) is 46.8 Å². The maximum absolute atomic E-state index is 16.3. The van der Waals surface area contributed by atoms with Crippen LogP contribution in [0.25, 0.3) is 11.0 Å². The Bertz CT molecular complexity index is 1700. The van der Waals surface area contributed by atoms with Crippen LogP contribution in [0.3, 0.4) is 0 Å². The standard InChI is InChI=1S/C40H52F2N2O7/c1-9-23-31-19-26(33(23)37(47)51-39(5,6)7)34(46)27(38(2,3)4)20-32(45)49-30-17-21-16-25(21)24(30)12-10-11-15-40(41,42)35-36(50-31)44-29-18-22(48-8)13-14-28(29)43-35/h11,13-15,18,21,23-27,30-31,33H,9-10,12,16-17,19-20H2,1-8H3/b15-11+/t21-,23+,24+,25-,26?,27+,30+,31-,33+/m0/s1. The van der Waals surface area contributed by atoms with Crippen molar-refractivity contribution in [3.63, 3.8) is 0 Å². The monoisotopic (exact) mass is 710 g/mol. The van der Waals surface area contributed by atoms with Gasteiger partial charge in [0.05, 0.1) is 30.5 Å². The van der Waals surface area contributed by atoms with E-state index in [1.165, 1.54) is 13.2 Å². The molecule has 2 aromatic rings. The second kappa shape index (κ2) is 13.7. The van der Waals surface area contributed by atoms with E-state index in [-0.39, 0.29) is 42.0 Å². The number of Topliss-reactive ketones (excluding diaryl/α,β-unsaturated/α-hetero) is 1. The van der Waals surface area contributed by atoms with Gasteiger partial charge in [0, 0.05) is 23.8 Å². The second-order valence-electron chi connectivity index (χ2n) is 17.1. The van der Waals surface area contributed by atoms with Gasteiger partial charge in [0.1, 0.15) is 29.3 Å². The number of fused-ring (bicyclic) bond motifs is 7. The first kappa shape index (κ1) is 37.1. The summed E-state index contributed by atoms with van der Waals surface area (Å²) < 4.78 is 56.3. The summed E-state index contributed by atoms with van der Waals surface area (Å²) in [6, 6.07) is 4.81. The lowest BCUT2D eigenvalue weighted by Gasteiger charge is -2.34. The smallest absolute Gasteiger partial charge is 0.313 e. The second-order valence-corrected chi connectivity index (χ2v) is 17.1. The molecule has 11 heteroatoms. The van der Waals surface area contributed by atoms with E-state index in [1.54, 1.807) is 39.0 Å². The summed E-state index contributed by atoms with van der Waals surface area (Å²) in [6.07, 6.45) is 4.24. The van der Waals surface area contributed by atoms with E-state index in [4.69, 9.17) is 18.9 Å². The molecular formula is C40H52F2N2O7. The van der Waals surface area contributed by atoms with E-state index in [1.807, 2.05) is 27.7 Å². The number of carbonyl (C=O) groups is 3. The van der Waals surface area contributed by atoms with Gasteiger partial charge in [0.25, 0.3) is 0 Å². The first-order valence-electron chi connectivity index (χ1n) is 18.4. The molecule has 278 valence electrons. The molecule has 51 heavy (non-hydrogen) atoms. The summed E-state index contributed by atoms with van der Waals surface area (Å²) in [5.74, 6) is -6.93. The Kier molecular flexibility index (Phi) is 10.00. The molecule has 1 unspecified atom stereocenters. The number of ketones is 1. The van der Waals surface area contributed by atoms with Gasteiger partial charge in [-0.25, -0.2) is 9.97 Å². The highest BCUT2D eigenvalue weighted by Crippen LogP contribution is 2.58. The number of carbonyl (C=O) groups excluding carboxylic acids is 3. The maximum atomic E-state index is 16.3. The molecule has 4 aliphatic rings. The largest absolute Gasteiger partial charge is 0.497 e. The van der Waals surface area contributed by atoms with Gasteiger partial charge in [-0.3, -0.25) is 14.4 Å². The van der Waals surface area contributed by atoms with Crippen LogP contribution in [0.4, 0.5) is 8.78 Å². The van der Waals surface area contributed by atoms with Gasteiger partial charge in [0.15, 0.2) is 5.69 Å². The van der Waals surface area contributed by atoms with Crippen LogP contribution < -0.4 is 9.47 Å². The highest BCUT2D eigenvalue weighted by atomic mass is 19.3. The Labute approximate surface area is 299 Å². The van der Waals surface area contributed by atoms with Crippen molar-refractivity contribution in [2.24, 2.45) is 46.8 Å². The number of aromatic nitrogens is 2. The minimum absolute atomic E-state index is 0.0512. The van der Waals surface area contributed by atoms with Crippen molar-refractivity contribution in [3.8, 4) is 11.6 Å². The lowest BCUT2D eigenvalue weighted by Crippen LogP contribution is -2.41. The number of nitrogens with zero attached hydrogens (tertiary/aromatic N) is 2. The zero-order chi connectivity index (χ0) is 37.0. The van der Waals surface area contributed by atoms with Crippen LogP contribution in [0.2, 0.25) is 0 Å². The number of hydrogen-bond donors (Lipinski definition) is 0. The fourth-order valence-electron chi connectivity index (χ4n) is 8.77. The summed E-state index contributed by atoms with van der Waals surface area (Å²) in [5.41, 5.74) is -1.58. The molecule has 2 heterocycles. The third kappa shape index (κ3) is 7.77. The molecule has 3 fully saturated rings. The first-order valence-corrected chi connectivity index (χ1v) is 18.4. The molecule has 9 nitrogen and oxygen atoms in total. The average molecular weight is 711 g/mol. The van der Waals surface area contributed by atoms with Crippen molar-refractivity contribution in [3.05, 3.63) is 36.0 Å². The van der Waals surface area contributed by atoms with Crippen molar-refractivity contribution in [1.29, 1.82) is 0 Å². The summed E-state index contributed by atoms with van der Waals surface area (Å²) in [4.78, 5) is 51.4. The molecule has 3 saturated carbocycles. The SMILES string of the molecule is CC[C@@H]1[C@@H]2CC(C(=O)[C@H](C(C)(C)C)CC(=O)O[C@@H]3C[C@@H]4C[C@@H]4[C@H]3CC/C=C/C(F)(F)c3nc4ccc(OC)cc4nc3O2)[C@@H]1C(=O)OC(C)(C)C. The van der Waals surface area contributed by atoms with E-state index in [2.05, 4.69) is 9.97 Å². The van der Waals surface area contributed by atoms with Crippen molar-refractivity contribution >= 4 is 28.8 Å². The predicted molar refractivity (Wildman–Crippen MR) is 186 cm³/mol. The fourth-order valence-corrected chi connectivity index (χ4v) is 8.77. The zero-order valence-corrected chi connectivity index (χ0v) is 31.0. The highest BCUT2D eigenvalue weighted by molar-refractivity contribution is 5.92. The lowest BCUT2D eigenvalue weighted by molar-refractivity contribution is -0.165. The number of esters is 2. The van der Waals surface area contributed by atoms with Gasteiger partial charge in [-0.2, -0.15) is 8.78 Å². The Hall–Kier alpha value is -3.63. The molecule has 0 radical (unpaired) electrons. The van der Waals surface area contributed by atoms with E-state index < -0.39 is 64.3 Å². The highest BCUT2D eigenvalue weighted by Gasteiger charge is 2.56. The van der Waals surface area contributed by atoms with Gasteiger partial charge >= 0.3 is 17.9 Å². The maximum Gasteiger partial charge on any atom is 0.313 e. The molecule has 2 bridgehead atoms. The number of rotatable bonds is 3. The molecule has 1 aromatic heterocycles. The van der Waals surface area contributed by atoms with Crippen molar-refractivity contribution in [2.45, 2.75) is 117 Å². The van der Waals surface area contributed by atoms with Gasteiger partial charge in [0.2, 0.25) is 5.88 Å². The Morgan fingerprint density at radius 3 is 2.39 bits per heavy atom. The number of halogens is 2. The summed E-state index contributed by atoms with van der Waals surface area (Å²) in [5, 5.41) is 0. The normalized spacial score (nSPS) is 33.1. The van der Waals surface area contributed by atoms with Gasteiger partial charge in [-0.1, -0.05) is 33.8 Å². The summed E-state index contributed by atoms with van der Waals surface area (Å²) in [6.45, 7) is 12.9. The molecule has 0 amide bonds. The van der Waals surface area contributed by atoms with E-state index in [0.29, 0.717) is 42.4 Å². The van der Waals surface area contributed by atoms with Crippen molar-refractivity contribution in [1.82, 2.24) is 9.97 Å². The van der Waals surface area contributed by atoms with Crippen molar-refractivity contribution < 1.29 is 42.1 Å². The number of methoxy groups -OCH3 is 1. The third-order valence-electron chi connectivity index (χ3n) is 11.4. The number of hydrogen-bond acceptors (Lipinski definition) is 9. The topological polar surface area (TPSA) is 114 Å². The molecule has 3 aliphatic carbocycles. The average Bonchev–Trinajstić information content (AvgIpc) is 3.57. The fraction of sp³-hybridized carbons (Fsp3) is 0.675. The molecule has 1 aliphatic heterocycles. The quantitative estimate of drug-likeness (QED) is 0.231. The molecule has 0 N–H and O–H groups in total. The number of allylic oxidation sites excluding steroid dienone is 2. The van der Waals surface area contributed by atoms with Crippen LogP contribution in [0.1, 0.15) is 99.1 Å². The Morgan fingerprint density at radius 2 is 1.73 bits per heavy atom. The van der Waals surface area contributed by atoms with Gasteiger partial charge in [-0.15, -0.1) is 0 Å². The molecule has 0 spiro atoms. The third-order valence-corrected chi connectivity index (χ3v) is 11.4. The van der Waals surface area contributed by atoms with Gasteiger partial charge < -0.3 is 18.9 Å². The molecule has 0 saturated heterocycles. The minimum atomic E-state index is -3.55. The Balaban J connectivity index is 1.47. The summed E-state index contributed by atoms with van der Waals surface area (Å²) >= 11 is 0. The van der Waals surface area contributed by atoms with Crippen LogP contribution in [-0.2, 0) is 29.8 Å². The zero-order valence-electron chi connectivity index (χ0n) is 31.0. The van der Waals surface area contributed by atoms with E-state index in [9.17, 15) is 14.4 Å². The van der Waals surface area contributed by atoms with Crippen LogP contribution in [0.15, 0.2) is 30.4 Å². The van der Waals surface area contributed by atoms with Crippen LogP contribution in [-0.4, -0.2) is 52.6 Å². The van der Waals surface area contributed by atoms with Gasteiger partial charge in [-0.05, 0) is 101 Å². The lowest BCUT2D eigenvalue weighted by atomic mass is 9.70. The van der Waals surface area contributed by atoms with E-state index in [0.717, 1.165) is 18.9 Å². The van der Waals surface area contributed by atoms with Crippen LogP contribution >= 0.6 is 0 Å². The Morgan fingerprint density at radius 1 is 0.980 bits per heavy atom. The number of benzene rings is 1. The van der Waals surface area contributed by atoms with E-state index >= 15 is 8.78 Å². The minimum Gasteiger partial charge on any atom is -0.497 e. The summed E-state index contributed by atoms with van der Waals surface area (Å²) in [7, 11) is 1.50. The first-order chi connectivity index (χ1) is 23.9. The molecule has 1 aromatic carbocycles. The molecular weight excluding hydrogens is 658 g/mol.